The van der Waals surface area contributed by atoms with Gasteiger partial charge in [-0.2, -0.15) is 0 Å². The van der Waals surface area contributed by atoms with Crippen molar-refractivity contribution < 1.29 is 22.6 Å². The molecule has 1 aromatic carbocycles. The summed E-state index contributed by atoms with van der Waals surface area (Å²) >= 11 is 0. The Morgan fingerprint density at radius 2 is 2.10 bits per heavy atom. The molecule has 1 heterocycles. The van der Waals surface area contributed by atoms with Crippen LogP contribution in [0.4, 0.5) is 18.9 Å². The van der Waals surface area contributed by atoms with Crippen molar-refractivity contribution in [3.8, 4) is 5.75 Å². The van der Waals surface area contributed by atoms with Crippen LogP contribution in [0.3, 0.4) is 0 Å². The third-order valence-corrected chi connectivity index (χ3v) is 3.45. The van der Waals surface area contributed by atoms with Crippen molar-refractivity contribution in [3.63, 3.8) is 0 Å². The monoisotopic (exact) mass is 303 g/mol. The van der Waals surface area contributed by atoms with Crippen LogP contribution in [0.15, 0.2) is 24.3 Å². The topological polar surface area (TPSA) is 30.5 Å². The zero-order valence-corrected chi connectivity index (χ0v) is 12.0. The van der Waals surface area contributed by atoms with Crippen molar-refractivity contribution in [3.05, 3.63) is 24.3 Å². The molecule has 1 aromatic rings. The first-order valence-electron chi connectivity index (χ1n) is 7.21. The Morgan fingerprint density at radius 1 is 1.33 bits per heavy atom. The van der Waals surface area contributed by atoms with Crippen molar-refractivity contribution >= 4 is 5.69 Å². The molecule has 6 heteroatoms. The summed E-state index contributed by atoms with van der Waals surface area (Å²) in [4.78, 5) is 0. The minimum atomic E-state index is -4.68. The van der Waals surface area contributed by atoms with E-state index >= 15 is 0 Å². The first-order chi connectivity index (χ1) is 9.98. The maximum Gasteiger partial charge on any atom is 0.573 e. The number of benzene rings is 1. The number of nitrogens with one attached hydrogen (secondary N) is 1. The highest BCUT2D eigenvalue weighted by atomic mass is 19.4. The van der Waals surface area contributed by atoms with E-state index in [1.165, 1.54) is 12.1 Å². The summed E-state index contributed by atoms with van der Waals surface area (Å²) in [5.74, 6) is -0.191. The van der Waals surface area contributed by atoms with Crippen molar-refractivity contribution in [2.75, 3.05) is 11.9 Å². The molecular formula is C15H20F3NO2. The molecule has 0 spiro atoms. The Morgan fingerprint density at radius 3 is 2.81 bits per heavy atom. The highest BCUT2D eigenvalue weighted by Crippen LogP contribution is 2.32. The lowest BCUT2D eigenvalue weighted by Crippen LogP contribution is -2.34. The number of alkyl halides is 3. The molecule has 0 aromatic heterocycles. The molecule has 2 unspecified atom stereocenters. The molecule has 1 aliphatic heterocycles. The Kier molecular flexibility index (Phi) is 5.33. The standard InChI is InChI=1S/C15H20F3NO2/c1-2-5-12-10-11(8-9-20-12)19-13-6-3-4-7-14(13)21-15(16,17)18/h3-4,6-7,11-12,19H,2,5,8-10H2,1H3. The molecule has 3 nitrogen and oxygen atoms in total. The van der Waals surface area contributed by atoms with Gasteiger partial charge >= 0.3 is 6.36 Å². The predicted molar refractivity (Wildman–Crippen MR) is 74.4 cm³/mol. The molecular weight excluding hydrogens is 283 g/mol. The third kappa shape index (κ3) is 5.12. The van der Waals surface area contributed by atoms with Crippen LogP contribution in [0.25, 0.3) is 0 Å². The van der Waals surface area contributed by atoms with Gasteiger partial charge in [0, 0.05) is 12.6 Å². The normalized spacial score (nSPS) is 22.9. The summed E-state index contributed by atoms with van der Waals surface area (Å²) in [6.45, 7) is 2.72. The molecule has 1 N–H and O–H groups in total. The first-order valence-corrected chi connectivity index (χ1v) is 7.21. The van der Waals surface area contributed by atoms with E-state index < -0.39 is 6.36 Å². The van der Waals surface area contributed by atoms with Crippen LogP contribution in [-0.4, -0.2) is 25.1 Å². The average Bonchev–Trinajstić information content (AvgIpc) is 2.40. The molecule has 21 heavy (non-hydrogen) atoms. The molecule has 0 saturated carbocycles. The van der Waals surface area contributed by atoms with Crippen molar-refractivity contribution in [1.82, 2.24) is 0 Å². The molecule has 118 valence electrons. The molecule has 0 bridgehead atoms. The summed E-state index contributed by atoms with van der Waals surface area (Å²) in [5.41, 5.74) is 0.372. The number of hydrogen-bond acceptors (Lipinski definition) is 3. The van der Waals surface area contributed by atoms with Crippen LogP contribution < -0.4 is 10.1 Å². The highest BCUT2D eigenvalue weighted by molar-refractivity contribution is 5.56. The zero-order valence-electron chi connectivity index (χ0n) is 12.0. The van der Waals surface area contributed by atoms with Crippen LogP contribution >= 0.6 is 0 Å². The second-order valence-electron chi connectivity index (χ2n) is 5.19. The number of hydrogen-bond donors (Lipinski definition) is 1. The fourth-order valence-electron chi connectivity index (χ4n) is 2.55. The maximum atomic E-state index is 12.4. The van der Waals surface area contributed by atoms with Gasteiger partial charge in [0.15, 0.2) is 5.75 Å². The van der Waals surface area contributed by atoms with E-state index in [0.29, 0.717) is 12.3 Å². The molecule has 1 fully saturated rings. The molecule has 2 atom stereocenters. The number of ether oxygens (including phenoxy) is 2. The lowest BCUT2D eigenvalue weighted by molar-refractivity contribution is -0.274. The molecule has 2 rings (SSSR count). The Balaban J connectivity index is 2.02. The van der Waals surface area contributed by atoms with Gasteiger partial charge in [0.05, 0.1) is 11.8 Å². The van der Waals surface area contributed by atoms with E-state index in [1.54, 1.807) is 12.1 Å². The highest BCUT2D eigenvalue weighted by Gasteiger charge is 2.32. The molecule has 1 saturated heterocycles. The van der Waals surface area contributed by atoms with Crippen molar-refractivity contribution in [2.24, 2.45) is 0 Å². The molecule has 0 aliphatic carbocycles. The SMILES string of the molecule is CCCC1CC(Nc2ccccc2OC(F)(F)F)CCO1. The second-order valence-corrected chi connectivity index (χ2v) is 5.19. The average molecular weight is 303 g/mol. The van der Waals surface area contributed by atoms with Crippen LogP contribution in [0, 0.1) is 0 Å². The predicted octanol–water partition coefficient (Wildman–Crippen LogP) is 4.34. The van der Waals surface area contributed by atoms with E-state index in [-0.39, 0.29) is 17.9 Å². The number of halogens is 3. The summed E-state index contributed by atoms with van der Waals surface area (Å²) in [6.07, 6.45) is -0.922. The van der Waals surface area contributed by atoms with E-state index in [4.69, 9.17) is 4.74 Å². The number of para-hydroxylation sites is 2. The van der Waals surface area contributed by atoms with Gasteiger partial charge < -0.3 is 14.8 Å². The van der Waals surface area contributed by atoms with Crippen LogP contribution in [-0.2, 0) is 4.74 Å². The Labute approximate surface area is 122 Å². The van der Waals surface area contributed by atoms with Gasteiger partial charge in [0.25, 0.3) is 0 Å². The lowest BCUT2D eigenvalue weighted by atomic mass is 10.00. The minimum absolute atomic E-state index is 0.105. The zero-order chi connectivity index (χ0) is 15.3. The van der Waals surface area contributed by atoms with Crippen molar-refractivity contribution in [2.45, 2.75) is 51.1 Å². The summed E-state index contributed by atoms with van der Waals surface area (Å²) in [5, 5.41) is 3.16. The number of anilines is 1. The van der Waals surface area contributed by atoms with Crippen molar-refractivity contribution in [1.29, 1.82) is 0 Å². The number of rotatable bonds is 5. The fourth-order valence-corrected chi connectivity index (χ4v) is 2.55. The van der Waals surface area contributed by atoms with E-state index in [0.717, 1.165) is 25.7 Å². The van der Waals surface area contributed by atoms with E-state index in [2.05, 4.69) is 17.0 Å². The second kappa shape index (κ2) is 7.02. The van der Waals surface area contributed by atoms with Gasteiger partial charge in [-0.25, -0.2) is 0 Å². The maximum absolute atomic E-state index is 12.4. The molecule has 1 aliphatic rings. The lowest BCUT2D eigenvalue weighted by Gasteiger charge is -2.31. The van der Waals surface area contributed by atoms with Crippen LogP contribution in [0.2, 0.25) is 0 Å². The largest absolute Gasteiger partial charge is 0.573 e. The van der Waals surface area contributed by atoms with E-state index in [1.807, 2.05) is 0 Å². The van der Waals surface area contributed by atoms with Gasteiger partial charge in [0.2, 0.25) is 0 Å². The quantitative estimate of drug-likeness (QED) is 0.877. The van der Waals surface area contributed by atoms with Gasteiger partial charge in [-0.15, -0.1) is 13.2 Å². The molecule has 0 radical (unpaired) electrons. The van der Waals surface area contributed by atoms with Gasteiger partial charge in [-0.05, 0) is 31.4 Å². The van der Waals surface area contributed by atoms with Gasteiger partial charge in [-0.1, -0.05) is 25.5 Å². The van der Waals surface area contributed by atoms with Crippen LogP contribution in [0.1, 0.15) is 32.6 Å². The van der Waals surface area contributed by atoms with Crippen LogP contribution in [0.5, 0.6) is 5.75 Å². The Bertz CT molecular complexity index is 449. The van der Waals surface area contributed by atoms with Gasteiger partial charge in [0.1, 0.15) is 0 Å². The first kappa shape index (κ1) is 15.9. The molecule has 0 amide bonds. The smallest absolute Gasteiger partial charge is 0.404 e. The van der Waals surface area contributed by atoms with E-state index in [9.17, 15) is 13.2 Å². The summed E-state index contributed by atoms with van der Waals surface area (Å²) in [7, 11) is 0. The minimum Gasteiger partial charge on any atom is -0.404 e. The third-order valence-electron chi connectivity index (χ3n) is 3.45. The fraction of sp³-hybridized carbons (Fsp3) is 0.600. The summed E-state index contributed by atoms with van der Waals surface area (Å²) < 4.78 is 46.9. The van der Waals surface area contributed by atoms with Gasteiger partial charge in [-0.3, -0.25) is 0 Å². The Hall–Kier alpha value is -1.43. The summed E-state index contributed by atoms with van der Waals surface area (Å²) in [6, 6.07) is 6.24.